The number of benzene rings is 1. The van der Waals surface area contributed by atoms with E-state index in [1.807, 2.05) is 0 Å². The molecule has 1 aromatic rings. The topological polar surface area (TPSA) is 73.9 Å². The predicted molar refractivity (Wildman–Crippen MR) is 98.5 cm³/mol. The van der Waals surface area contributed by atoms with Crippen LogP contribution < -0.4 is 14.8 Å². The number of amides is 1. The molecule has 142 valence electrons. The van der Waals surface area contributed by atoms with Gasteiger partial charge in [-0.3, -0.25) is 4.79 Å². The van der Waals surface area contributed by atoms with E-state index >= 15 is 0 Å². The molecule has 0 aliphatic heterocycles. The van der Waals surface area contributed by atoms with Gasteiger partial charge in [-0.1, -0.05) is 19.6 Å². The highest BCUT2D eigenvalue weighted by molar-refractivity contribution is 5.92. The molecule has 1 amide bonds. The largest absolute Gasteiger partial charge is 0.493 e. The van der Waals surface area contributed by atoms with E-state index in [4.69, 9.17) is 14.2 Å². The molecule has 0 heterocycles. The molecule has 6 nitrogen and oxygen atoms in total. The Morgan fingerprint density at radius 3 is 2.62 bits per heavy atom. The Morgan fingerprint density at radius 2 is 1.96 bits per heavy atom. The Kier molecular flexibility index (Phi) is 7.51. The third kappa shape index (κ3) is 5.79. The van der Waals surface area contributed by atoms with Crippen LogP contribution in [0, 0.1) is 5.92 Å². The highest BCUT2D eigenvalue weighted by Gasteiger charge is 2.20. The molecular formula is C20H27NO5. The highest BCUT2D eigenvalue weighted by Crippen LogP contribution is 2.28. The maximum atomic E-state index is 12.2. The van der Waals surface area contributed by atoms with E-state index in [0.717, 1.165) is 31.6 Å². The summed E-state index contributed by atoms with van der Waals surface area (Å²) in [4.78, 5) is 24.1. The predicted octanol–water partition coefficient (Wildman–Crippen LogP) is 3.11. The fourth-order valence-electron chi connectivity index (χ4n) is 2.95. The molecule has 0 radical (unpaired) electrons. The fraction of sp³-hybridized carbons (Fsp3) is 0.500. The number of ether oxygens (including phenoxy) is 3. The Hall–Kier alpha value is -2.50. The monoisotopic (exact) mass is 361 g/mol. The van der Waals surface area contributed by atoms with E-state index in [2.05, 4.69) is 18.8 Å². The molecular weight excluding hydrogens is 334 g/mol. The van der Waals surface area contributed by atoms with Crippen LogP contribution in [0.2, 0.25) is 0 Å². The van der Waals surface area contributed by atoms with Crippen molar-refractivity contribution in [3.63, 3.8) is 0 Å². The van der Waals surface area contributed by atoms with E-state index in [-0.39, 0.29) is 18.6 Å². The van der Waals surface area contributed by atoms with Crippen molar-refractivity contribution < 1.29 is 23.8 Å². The van der Waals surface area contributed by atoms with Gasteiger partial charge in [0.15, 0.2) is 18.1 Å². The zero-order chi connectivity index (χ0) is 18.9. The summed E-state index contributed by atoms with van der Waals surface area (Å²) in [6.45, 7) is 5.85. The van der Waals surface area contributed by atoms with Crippen molar-refractivity contribution >= 4 is 11.9 Å². The van der Waals surface area contributed by atoms with Crippen LogP contribution in [0.15, 0.2) is 30.9 Å². The zero-order valence-corrected chi connectivity index (χ0v) is 15.5. The average Bonchev–Trinajstić information content (AvgIpc) is 2.66. The number of rotatable bonds is 8. The minimum absolute atomic E-state index is 0.179. The van der Waals surface area contributed by atoms with Gasteiger partial charge in [0, 0.05) is 6.04 Å². The second-order valence-electron chi connectivity index (χ2n) is 6.57. The summed E-state index contributed by atoms with van der Waals surface area (Å²) < 4.78 is 15.8. The molecule has 0 atom stereocenters. The number of methoxy groups -OCH3 is 1. The smallest absolute Gasteiger partial charge is 0.338 e. The number of carbonyl (C=O) groups excluding carboxylic acids is 2. The van der Waals surface area contributed by atoms with E-state index < -0.39 is 5.97 Å². The van der Waals surface area contributed by atoms with E-state index in [9.17, 15) is 9.59 Å². The van der Waals surface area contributed by atoms with Gasteiger partial charge in [-0.15, -0.1) is 0 Å². The van der Waals surface area contributed by atoms with Gasteiger partial charge < -0.3 is 19.5 Å². The lowest BCUT2D eigenvalue weighted by Crippen LogP contribution is -2.39. The molecule has 0 unspecified atom stereocenters. The molecule has 1 fully saturated rings. The zero-order valence-electron chi connectivity index (χ0n) is 15.5. The number of hydrogen-bond donors (Lipinski definition) is 1. The lowest BCUT2D eigenvalue weighted by Gasteiger charge is -2.26. The van der Waals surface area contributed by atoms with Gasteiger partial charge in [-0.2, -0.15) is 0 Å². The normalized spacial score (nSPS) is 19.3. The summed E-state index contributed by atoms with van der Waals surface area (Å²) in [7, 11) is 1.49. The van der Waals surface area contributed by atoms with Crippen molar-refractivity contribution in [3.05, 3.63) is 36.4 Å². The highest BCUT2D eigenvalue weighted by atomic mass is 16.5. The fourth-order valence-corrected chi connectivity index (χ4v) is 2.95. The second kappa shape index (κ2) is 9.85. The summed E-state index contributed by atoms with van der Waals surface area (Å²) in [5.74, 6) is 0.798. The van der Waals surface area contributed by atoms with Gasteiger partial charge in [0.25, 0.3) is 5.91 Å². The van der Waals surface area contributed by atoms with Gasteiger partial charge in [0.2, 0.25) is 0 Å². The molecule has 1 saturated carbocycles. The third-order valence-electron chi connectivity index (χ3n) is 4.47. The van der Waals surface area contributed by atoms with Crippen molar-refractivity contribution in [2.45, 2.75) is 38.6 Å². The molecule has 6 heteroatoms. The van der Waals surface area contributed by atoms with Crippen molar-refractivity contribution in [1.29, 1.82) is 0 Å². The summed E-state index contributed by atoms with van der Waals surface area (Å²) in [6, 6.07) is 4.91. The van der Waals surface area contributed by atoms with E-state index in [0.29, 0.717) is 23.7 Å². The van der Waals surface area contributed by atoms with Crippen LogP contribution in [0.25, 0.3) is 0 Å². The standard InChI is InChI=1S/C20H27NO5/c1-4-11-25-17-10-7-15(12-18(17)24-3)20(23)26-13-19(22)21-16-8-5-14(2)6-9-16/h4,7,10,12,14,16H,1,5-6,8-9,11,13H2,2-3H3,(H,21,22). The summed E-state index contributed by atoms with van der Waals surface area (Å²) in [6.07, 6.45) is 5.80. The third-order valence-corrected chi connectivity index (χ3v) is 4.47. The van der Waals surface area contributed by atoms with E-state index in [1.165, 1.54) is 13.2 Å². The first-order chi connectivity index (χ1) is 12.5. The number of carbonyl (C=O) groups is 2. The lowest BCUT2D eigenvalue weighted by atomic mass is 9.87. The number of esters is 1. The SMILES string of the molecule is C=CCOc1ccc(C(=O)OCC(=O)NC2CCC(C)CC2)cc1OC. The van der Waals surface area contributed by atoms with Crippen LogP contribution in [-0.4, -0.2) is 38.2 Å². The van der Waals surface area contributed by atoms with Crippen LogP contribution in [0.5, 0.6) is 11.5 Å². The quantitative estimate of drug-likeness (QED) is 0.569. The molecule has 26 heavy (non-hydrogen) atoms. The van der Waals surface area contributed by atoms with Crippen LogP contribution in [-0.2, 0) is 9.53 Å². The molecule has 1 aliphatic rings. The van der Waals surface area contributed by atoms with Gasteiger partial charge in [0.05, 0.1) is 12.7 Å². The minimum Gasteiger partial charge on any atom is -0.493 e. The molecule has 0 bridgehead atoms. The summed E-state index contributed by atoms with van der Waals surface area (Å²) in [5, 5.41) is 2.93. The van der Waals surface area contributed by atoms with Crippen molar-refractivity contribution in [3.8, 4) is 11.5 Å². The van der Waals surface area contributed by atoms with Crippen molar-refractivity contribution in [1.82, 2.24) is 5.32 Å². The van der Waals surface area contributed by atoms with Gasteiger partial charge in [-0.05, 0) is 49.8 Å². The Bertz CT molecular complexity index is 635. The minimum atomic E-state index is -0.578. The number of hydrogen-bond acceptors (Lipinski definition) is 5. The molecule has 1 N–H and O–H groups in total. The van der Waals surface area contributed by atoms with Crippen LogP contribution >= 0.6 is 0 Å². The van der Waals surface area contributed by atoms with Crippen LogP contribution in [0.1, 0.15) is 43.0 Å². The second-order valence-corrected chi connectivity index (χ2v) is 6.57. The molecule has 1 aromatic carbocycles. The maximum Gasteiger partial charge on any atom is 0.338 e. The Morgan fingerprint density at radius 1 is 1.23 bits per heavy atom. The Balaban J connectivity index is 1.85. The first-order valence-electron chi connectivity index (χ1n) is 8.91. The molecule has 0 spiro atoms. The average molecular weight is 361 g/mol. The first-order valence-corrected chi connectivity index (χ1v) is 8.91. The first kappa shape index (κ1) is 19.8. The molecule has 0 aromatic heterocycles. The van der Waals surface area contributed by atoms with Crippen molar-refractivity contribution in [2.75, 3.05) is 20.3 Å². The van der Waals surface area contributed by atoms with Gasteiger partial charge in [-0.25, -0.2) is 4.79 Å². The molecule has 0 saturated heterocycles. The van der Waals surface area contributed by atoms with Crippen LogP contribution in [0.3, 0.4) is 0 Å². The Labute approximate surface area is 154 Å². The lowest BCUT2D eigenvalue weighted by molar-refractivity contribution is -0.125. The maximum absolute atomic E-state index is 12.2. The summed E-state index contributed by atoms with van der Waals surface area (Å²) in [5.41, 5.74) is 0.298. The molecule has 1 aliphatic carbocycles. The van der Waals surface area contributed by atoms with E-state index in [1.54, 1.807) is 18.2 Å². The van der Waals surface area contributed by atoms with Crippen LogP contribution in [0.4, 0.5) is 0 Å². The molecule has 2 rings (SSSR count). The number of nitrogens with one attached hydrogen (secondary N) is 1. The van der Waals surface area contributed by atoms with Gasteiger partial charge in [0.1, 0.15) is 6.61 Å². The summed E-state index contributed by atoms with van der Waals surface area (Å²) >= 11 is 0. The van der Waals surface area contributed by atoms with Gasteiger partial charge >= 0.3 is 5.97 Å². The van der Waals surface area contributed by atoms with Crippen molar-refractivity contribution in [2.24, 2.45) is 5.92 Å².